The first-order valence-electron chi connectivity index (χ1n) is 9.44. The number of nitrogens with one attached hydrogen (secondary N) is 1. The summed E-state index contributed by atoms with van der Waals surface area (Å²) in [6.07, 6.45) is 0.610. The van der Waals surface area contributed by atoms with Crippen molar-refractivity contribution in [3.8, 4) is 0 Å². The van der Waals surface area contributed by atoms with Gasteiger partial charge in [-0.05, 0) is 51.9 Å². The number of sulfone groups is 1. The lowest BCUT2D eigenvalue weighted by Gasteiger charge is -2.17. The van der Waals surface area contributed by atoms with Crippen LogP contribution in [0.25, 0.3) is 0 Å². The number of aromatic nitrogens is 2. The number of amides is 1. The summed E-state index contributed by atoms with van der Waals surface area (Å²) in [6.45, 7) is 6.73. The summed E-state index contributed by atoms with van der Waals surface area (Å²) in [4.78, 5) is 14.3. The highest BCUT2D eigenvalue weighted by Crippen LogP contribution is 2.27. The zero-order valence-electron chi connectivity index (χ0n) is 16.9. The van der Waals surface area contributed by atoms with E-state index in [1.54, 1.807) is 0 Å². The lowest BCUT2D eigenvalue weighted by molar-refractivity contribution is -0.117. The second-order valence-corrected chi connectivity index (χ2v) is 9.97. The van der Waals surface area contributed by atoms with Crippen molar-refractivity contribution >= 4 is 21.4 Å². The number of hydrogen-bond donors (Lipinski definition) is 1. The lowest BCUT2D eigenvalue weighted by Crippen LogP contribution is -2.30. The summed E-state index contributed by atoms with van der Waals surface area (Å²) in [5.41, 5.74) is 4.80. The smallest absolute Gasteiger partial charge is 0.238 e. The normalized spacial score (nSPS) is 18.5. The van der Waals surface area contributed by atoms with Crippen LogP contribution < -0.4 is 5.32 Å². The molecule has 1 saturated heterocycles. The molecule has 1 amide bonds. The van der Waals surface area contributed by atoms with Gasteiger partial charge in [0.2, 0.25) is 5.91 Å². The third kappa shape index (κ3) is 4.80. The summed E-state index contributed by atoms with van der Waals surface area (Å²) in [7, 11) is -1.07. The van der Waals surface area contributed by atoms with Gasteiger partial charge in [-0.25, -0.2) is 8.42 Å². The van der Waals surface area contributed by atoms with Gasteiger partial charge in [0.25, 0.3) is 0 Å². The maximum absolute atomic E-state index is 12.3. The van der Waals surface area contributed by atoms with Crippen LogP contribution in [0.1, 0.15) is 35.0 Å². The number of benzene rings is 1. The third-order valence-corrected chi connectivity index (χ3v) is 6.92. The van der Waals surface area contributed by atoms with Crippen molar-refractivity contribution in [2.75, 3.05) is 30.4 Å². The molecule has 1 aromatic carbocycles. The predicted octanol–water partition coefficient (Wildman–Crippen LogP) is 2.24. The molecule has 28 heavy (non-hydrogen) atoms. The van der Waals surface area contributed by atoms with Crippen molar-refractivity contribution < 1.29 is 13.2 Å². The SMILES string of the molecule is Cc1cccc(NC(=O)CN(C)Cc2c(C)nn([C@H]3CCS(=O)(=O)C3)c2C)c1. The molecule has 0 bridgehead atoms. The fourth-order valence-corrected chi connectivity index (χ4v) is 5.44. The number of rotatable bonds is 6. The zero-order valence-corrected chi connectivity index (χ0v) is 17.7. The van der Waals surface area contributed by atoms with Crippen LogP contribution in [0.3, 0.4) is 0 Å². The van der Waals surface area contributed by atoms with Gasteiger partial charge < -0.3 is 5.32 Å². The first kappa shape index (κ1) is 20.5. The highest BCUT2D eigenvalue weighted by molar-refractivity contribution is 7.91. The van der Waals surface area contributed by atoms with Crippen molar-refractivity contribution in [3.05, 3.63) is 46.8 Å². The topological polar surface area (TPSA) is 84.3 Å². The Labute approximate surface area is 166 Å². The molecule has 0 saturated carbocycles. The minimum absolute atomic E-state index is 0.0716. The maximum Gasteiger partial charge on any atom is 0.238 e. The third-order valence-electron chi connectivity index (χ3n) is 5.17. The molecule has 0 unspecified atom stereocenters. The van der Waals surface area contributed by atoms with Gasteiger partial charge in [0.1, 0.15) is 0 Å². The van der Waals surface area contributed by atoms with E-state index in [1.807, 2.05) is 61.7 Å². The molecular weight excluding hydrogens is 376 g/mol. The van der Waals surface area contributed by atoms with E-state index in [-0.39, 0.29) is 30.0 Å². The predicted molar refractivity (Wildman–Crippen MR) is 110 cm³/mol. The summed E-state index contributed by atoms with van der Waals surface area (Å²) in [5.74, 6) is 0.311. The number of likely N-dealkylation sites (N-methyl/N-ethyl adjacent to an activating group) is 1. The van der Waals surface area contributed by atoms with Gasteiger partial charge in [0.15, 0.2) is 9.84 Å². The number of carbonyl (C=O) groups is 1. The molecule has 1 fully saturated rings. The van der Waals surface area contributed by atoms with E-state index in [1.165, 1.54) is 0 Å². The van der Waals surface area contributed by atoms with Crippen LogP contribution >= 0.6 is 0 Å². The highest BCUT2D eigenvalue weighted by atomic mass is 32.2. The Morgan fingerprint density at radius 2 is 2.07 bits per heavy atom. The first-order chi connectivity index (χ1) is 13.1. The number of anilines is 1. The Morgan fingerprint density at radius 1 is 1.32 bits per heavy atom. The number of nitrogens with zero attached hydrogens (tertiary/aromatic N) is 3. The first-order valence-corrected chi connectivity index (χ1v) is 11.3. The number of hydrogen-bond acceptors (Lipinski definition) is 5. The van der Waals surface area contributed by atoms with Crippen LogP contribution in [0.5, 0.6) is 0 Å². The van der Waals surface area contributed by atoms with Crippen molar-refractivity contribution in [1.82, 2.24) is 14.7 Å². The average molecular weight is 405 g/mol. The second kappa shape index (κ2) is 8.05. The molecule has 1 aliphatic rings. The van der Waals surface area contributed by atoms with Crippen LogP contribution in [0.4, 0.5) is 5.69 Å². The van der Waals surface area contributed by atoms with Gasteiger partial charge in [0.05, 0.1) is 29.8 Å². The van der Waals surface area contributed by atoms with E-state index in [0.29, 0.717) is 13.0 Å². The Morgan fingerprint density at radius 3 is 2.71 bits per heavy atom. The molecule has 2 aromatic rings. The van der Waals surface area contributed by atoms with Crippen molar-refractivity contribution in [2.24, 2.45) is 0 Å². The molecule has 1 atom stereocenters. The Kier molecular flexibility index (Phi) is 5.90. The Balaban J connectivity index is 1.64. The van der Waals surface area contributed by atoms with Crippen LogP contribution in [0.2, 0.25) is 0 Å². The fraction of sp³-hybridized carbons (Fsp3) is 0.500. The largest absolute Gasteiger partial charge is 0.325 e. The summed E-state index contributed by atoms with van der Waals surface area (Å²) < 4.78 is 25.4. The quantitative estimate of drug-likeness (QED) is 0.798. The molecule has 3 rings (SSSR count). The molecule has 0 aliphatic carbocycles. The molecule has 1 aromatic heterocycles. The molecule has 0 spiro atoms. The van der Waals surface area contributed by atoms with Gasteiger partial charge in [0, 0.05) is 23.5 Å². The zero-order chi connectivity index (χ0) is 20.5. The van der Waals surface area contributed by atoms with E-state index in [4.69, 9.17) is 0 Å². The monoisotopic (exact) mass is 404 g/mol. The molecule has 152 valence electrons. The van der Waals surface area contributed by atoms with Gasteiger partial charge in [-0.15, -0.1) is 0 Å². The van der Waals surface area contributed by atoms with Crippen molar-refractivity contribution in [3.63, 3.8) is 0 Å². The summed E-state index contributed by atoms with van der Waals surface area (Å²) in [5, 5.41) is 7.51. The van der Waals surface area contributed by atoms with Crippen LogP contribution in [0.15, 0.2) is 24.3 Å². The second-order valence-electron chi connectivity index (χ2n) is 7.74. The van der Waals surface area contributed by atoms with Gasteiger partial charge in [-0.1, -0.05) is 12.1 Å². The Hall–Kier alpha value is -2.19. The van der Waals surface area contributed by atoms with Crippen LogP contribution in [-0.4, -0.2) is 54.1 Å². The summed E-state index contributed by atoms with van der Waals surface area (Å²) in [6, 6.07) is 7.62. The van der Waals surface area contributed by atoms with E-state index < -0.39 is 9.84 Å². The van der Waals surface area contributed by atoms with E-state index in [2.05, 4.69) is 10.4 Å². The minimum atomic E-state index is -2.96. The molecule has 0 radical (unpaired) electrons. The highest BCUT2D eigenvalue weighted by Gasteiger charge is 2.31. The van der Waals surface area contributed by atoms with Crippen molar-refractivity contribution in [1.29, 1.82) is 0 Å². The fourth-order valence-electron chi connectivity index (χ4n) is 3.74. The molecule has 1 aliphatic heterocycles. The van der Waals surface area contributed by atoms with E-state index in [9.17, 15) is 13.2 Å². The lowest BCUT2D eigenvalue weighted by atomic mass is 10.1. The van der Waals surface area contributed by atoms with E-state index >= 15 is 0 Å². The molecule has 1 N–H and O–H groups in total. The van der Waals surface area contributed by atoms with Gasteiger partial charge in [-0.3, -0.25) is 14.4 Å². The number of aryl methyl sites for hydroxylation is 2. The Bertz CT molecular complexity index is 981. The van der Waals surface area contributed by atoms with Crippen molar-refractivity contribution in [2.45, 2.75) is 39.8 Å². The maximum atomic E-state index is 12.3. The standard InChI is InChI=1S/C20H28N4O3S/c1-14-6-5-7-17(10-14)21-20(25)12-23(4)11-19-15(2)22-24(16(19)3)18-8-9-28(26,27)13-18/h5-7,10,18H,8-9,11-13H2,1-4H3,(H,21,25)/t18-/m0/s1. The molecule has 7 nitrogen and oxygen atoms in total. The van der Waals surface area contributed by atoms with Crippen LogP contribution in [0, 0.1) is 20.8 Å². The summed E-state index contributed by atoms with van der Waals surface area (Å²) >= 11 is 0. The van der Waals surface area contributed by atoms with Crippen LogP contribution in [-0.2, 0) is 21.2 Å². The van der Waals surface area contributed by atoms with Gasteiger partial charge in [-0.2, -0.15) is 5.10 Å². The minimum Gasteiger partial charge on any atom is -0.325 e. The van der Waals surface area contributed by atoms with E-state index in [0.717, 1.165) is 28.2 Å². The van der Waals surface area contributed by atoms with Gasteiger partial charge >= 0.3 is 0 Å². The molecule has 8 heteroatoms. The average Bonchev–Trinajstić information content (AvgIpc) is 3.08. The number of carbonyl (C=O) groups excluding carboxylic acids is 1. The molecule has 2 heterocycles. The molecular formula is C20H28N4O3S.